The standard InChI is InChI=1S/C21H20INO5/c1-13-10-15(11-16(18(13)22)14-6-3-2-4-7-14)17(24)12-21(19(25)26)8-5-9-23(21)20(27)28/h2-4,6-7,10-11H,5,8-9,12H2,1H3,(H,25,26)(H,27,28)/t21-/m0/s1. The summed E-state index contributed by atoms with van der Waals surface area (Å²) in [5, 5.41) is 19.2. The van der Waals surface area contributed by atoms with Gasteiger partial charge in [-0.1, -0.05) is 30.3 Å². The lowest BCUT2D eigenvalue weighted by atomic mass is 9.87. The molecule has 0 bridgehead atoms. The number of likely N-dealkylation sites (tertiary alicyclic amines) is 1. The average Bonchev–Trinajstić information content (AvgIpc) is 3.09. The van der Waals surface area contributed by atoms with Crippen molar-refractivity contribution in [3.8, 4) is 11.1 Å². The van der Waals surface area contributed by atoms with Gasteiger partial charge in [0.2, 0.25) is 0 Å². The van der Waals surface area contributed by atoms with Gasteiger partial charge in [-0.05, 0) is 71.2 Å². The minimum atomic E-state index is -1.70. The monoisotopic (exact) mass is 493 g/mol. The molecule has 0 radical (unpaired) electrons. The van der Waals surface area contributed by atoms with Crippen molar-refractivity contribution < 1.29 is 24.6 Å². The van der Waals surface area contributed by atoms with Gasteiger partial charge in [0.05, 0.1) is 0 Å². The van der Waals surface area contributed by atoms with Gasteiger partial charge in [0.1, 0.15) is 0 Å². The highest BCUT2D eigenvalue weighted by atomic mass is 127. The van der Waals surface area contributed by atoms with Crippen LogP contribution in [-0.4, -0.2) is 45.0 Å². The van der Waals surface area contributed by atoms with Gasteiger partial charge < -0.3 is 10.2 Å². The van der Waals surface area contributed by atoms with Gasteiger partial charge >= 0.3 is 12.1 Å². The third-order valence-electron chi connectivity index (χ3n) is 5.23. The highest BCUT2D eigenvalue weighted by Gasteiger charge is 2.51. The minimum Gasteiger partial charge on any atom is -0.479 e. The highest BCUT2D eigenvalue weighted by molar-refractivity contribution is 14.1. The molecule has 1 aliphatic rings. The Morgan fingerprint density at radius 3 is 2.43 bits per heavy atom. The Morgan fingerprint density at radius 2 is 1.82 bits per heavy atom. The Bertz CT molecular complexity index is 943. The number of carboxylic acids is 1. The van der Waals surface area contributed by atoms with Crippen LogP contribution in [0.5, 0.6) is 0 Å². The topological polar surface area (TPSA) is 94.9 Å². The summed E-state index contributed by atoms with van der Waals surface area (Å²) in [6, 6.07) is 13.2. The third-order valence-corrected chi connectivity index (χ3v) is 6.66. The number of aryl methyl sites for hydroxylation is 1. The molecule has 1 fully saturated rings. The summed E-state index contributed by atoms with van der Waals surface area (Å²) >= 11 is 2.23. The molecule has 0 aromatic heterocycles. The van der Waals surface area contributed by atoms with Crippen LogP contribution < -0.4 is 0 Å². The molecule has 28 heavy (non-hydrogen) atoms. The predicted octanol–water partition coefficient (Wildman–Crippen LogP) is 4.44. The number of carboxylic acid groups (broad SMARTS) is 2. The number of hydrogen-bond acceptors (Lipinski definition) is 3. The zero-order chi connectivity index (χ0) is 20.5. The molecule has 1 aliphatic heterocycles. The van der Waals surface area contributed by atoms with E-state index in [9.17, 15) is 24.6 Å². The molecule has 146 valence electrons. The second kappa shape index (κ2) is 7.90. The summed E-state index contributed by atoms with van der Waals surface area (Å²) in [6.07, 6.45) is -1.12. The first-order valence-electron chi connectivity index (χ1n) is 8.89. The van der Waals surface area contributed by atoms with Crippen LogP contribution in [0.3, 0.4) is 0 Å². The number of amides is 1. The van der Waals surface area contributed by atoms with Crippen LogP contribution >= 0.6 is 22.6 Å². The number of hydrogen-bond donors (Lipinski definition) is 2. The van der Waals surface area contributed by atoms with Crippen LogP contribution in [0.4, 0.5) is 4.79 Å². The fourth-order valence-electron chi connectivity index (χ4n) is 3.77. The number of benzene rings is 2. The molecule has 1 heterocycles. The van der Waals surface area contributed by atoms with Gasteiger partial charge in [0.25, 0.3) is 0 Å². The maximum absolute atomic E-state index is 13.0. The zero-order valence-corrected chi connectivity index (χ0v) is 17.5. The summed E-state index contributed by atoms with van der Waals surface area (Å²) in [6.45, 7) is 2.02. The van der Waals surface area contributed by atoms with E-state index in [1.165, 1.54) is 0 Å². The quantitative estimate of drug-likeness (QED) is 0.475. The van der Waals surface area contributed by atoms with Crippen molar-refractivity contribution >= 4 is 40.4 Å². The van der Waals surface area contributed by atoms with Gasteiger partial charge in [-0.15, -0.1) is 0 Å². The van der Waals surface area contributed by atoms with Crippen molar-refractivity contribution in [1.29, 1.82) is 0 Å². The number of carbonyl (C=O) groups is 3. The summed E-state index contributed by atoms with van der Waals surface area (Å²) in [4.78, 5) is 37.4. The smallest absolute Gasteiger partial charge is 0.408 e. The summed E-state index contributed by atoms with van der Waals surface area (Å²) in [5.74, 6) is -1.64. The molecule has 1 saturated heterocycles. The molecule has 1 amide bonds. The van der Waals surface area contributed by atoms with Gasteiger partial charge in [-0.25, -0.2) is 9.59 Å². The minimum absolute atomic E-state index is 0.121. The van der Waals surface area contributed by atoms with Gasteiger partial charge in [-0.3, -0.25) is 9.69 Å². The summed E-state index contributed by atoms with van der Waals surface area (Å²) in [7, 11) is 0. The number of Topliss-reactive ketones (excluding diaryl/α,β-unsaturated/α-hetero) is 1. The molecule has 6 nitrogen and oxygen atoms in total. The third kappa shape index (κ3) is 3.63. The number of carbonyl (C=O) groups excluding carboxylic acids is 1. The number of nitrogens with zero attached hydrogens (tertiary/aromatic N) is 1. The Hall–Kier alpha value is -2.42. The van der Waals surface area contributed by atoms with E-state index in [1.54, 1.807) is 12.1 Å². The first-order valence-corrected chi connectivity index (χ1v) is 9.97. The fraction of sp³-hybridized carbons (Fsp3) is 0.286. The average molecular weight is 493 g/mol. The van der Waals surface area contributed by atoms with Crippen molar-refractivity contribution in [2.24, 2.45) is 0 Å². The molecule has 0 saturated carbocycles. The Labute approximate surface area is 176 Å². The lowest BCUT2D eigenvalue weighted by Crippen LogP contribution is -2.53. The number of halogens is 1. The molecule has 0 spiro atoms. The van der Waals surface area contributed by atoms with E-state index in [0.29, 0.717) is 12.0 Å². The van der Waals surface area contributed by atoms with Gasteiger partial charge in [0.15, 0.2) is 11.3 Å². The van der Waals surface area contributed by atoms with E-state index in [-0.39, 0.29) is 25.2 Å². The van der Waals surface area contributed by atoms with Crippen molar-refractivity contribution in [2.75, 3.05) is 6.54 Å². The van der Waals surface area contributed by atoms with Crippen LogP contribution in [0.2, 0.25) is 0 Å². The molecule has 1 atom stereocenters. The van der Waals surface area contributed by atoms with Crippen LogP contribution in [0.1, 0.15) is 35.2 Å². The van der Waals surface area contributed by atoms with Crippen molar-refractivity contribution in [1.82, 2.24) is 4.90 Å². The second-order valence-corrected chi connectivity index (χ2v) is 8.07. The Balaban J connectivity index is 2.00. The highest BCUT2D eigenvalue weighted by Crippen LogP contribution is 2.35. The number of ketones is 1. The van der Waals surface area contributed by atoms with Crippen molar-refractivity contribution in [2.45, 2.75) is 31.7 Å². The van der Waals surface area contributed by atoms with E-state index in [1.807, 2.05) is 37.3 Å². The van der Waals surface area contributed by atoms with Crippen LogP contribution in [-0.2, 0) is 4.79 Å². The Morgan fingerprint density at radius 1 is 1.14 bits per heavy atom. The molecule has 3 rings (SSSR count). The number of rotatable bonds is 5. The van der Waals surface area contributed by atoms with Crippen LogP contribution in [0, 0.1) is 10.5 Å². The van der Waals surface area contributed by atoms with Crippen LogP contribution in [0.15, 0.2) is 42.5 Å². The molecule has 7 heteroatoms. The van der Waals surface area contributed by atoms with E-state index >= 15 is 0 Å². The molecule has 2 aromatic rings. The van der Waals surface area contributed by atoms with Crippen molar-refractivity contribution in [3.05, 3.63) is 57.2 Å². The molecule has 2 N–H and O–H groups in total. The normalized spacial score (nSPS) is 18.9. The predicted molar refractivity (Wildman–Crippen MR) is 113 cm³/mol. The second-order valence-electron chi connectivity index (χ2n) is 7.00. The van der Waals surface area contributed by atoms with E-state index in [2.05, 4.69) is 22.6 Å². The summed E-state index contributed by atoms with van der Waals surface area (Å²) < 4.78 is 1.02. The maximum atomic E-state index is 13.0. The first-order chi connectivity index (χ1) is 13.3. The largest absolute Gasteiger partial charge is 0.479 e. The zero-order valence-electron chi connectivity index (χ0n) is 15.3. The summed E-state index contributed by atoms with van der Waals surface area (Å²) in [5.41, 5.74) is 1.47. The maximum Gasteiger partial charge on any atom is 0.408 e. The van der Waals surface area contributed by atoms with E-state index in [4.69, 9.17) is 0 Å². The lowest BCUT2D eigenvalue weighted by Gasteiger charge is -2.32. The molecule has 0 unspecified atom stereocenters. The van der Waals surface area contributed by atoms with E-state index < -0.39 is 17.6 Å². The van der Waals surface area contributed by atoms with Gasteiger partial charge in [0, 0.05) is 22.1 Å². The fourth-order valence-corrected chi connectivity index (χ4v) is 4.39. The molecule has 2 aromatic carbocycles. The lowest BCUT2D eigenvalue weighted by molar-refractivity contribution is -0.148. The Kier molecular flexibility index (Phi) is 5.74. The first kappa shape index (κ1) is 20.3. The number of aliphatic carboxylic acids is 1. The molecular formula is C21H20INO5. The molecule has 0 aliphatic carbocycles. The van der Waals surface area contributed by atoms with Crippen molar-refractivity contribution in [3.63, 3.8) is 0 Å². The van der Waals surface area contributed by atoms with E-state index in [0.717, 1.165) is 25.2 Å². The van der Waals surface area contributed by atoms with Crippen LogP contribution in [0.25, 0.3) is 11.1 Å². The SMILES string of the molecule is Cc1cc(C(=O)C[C@]2(C(=O)O)CCCN2C(=O)O)cc(-c2ccccc2)c1I. The molecular weight excluding hydrogens is 473 g/mol. The van der Waals surface area contributed by atoms with Gasteiger partial charge in [-0.2, -0.15) is 0 Å².